The number of hydrogen-bond acceptors (Lipinski definition) is 3. The summed E-state index contributed by atoms with van der Waals surface area (Å²) in [4.78, 5) is 22.6. The smallest absolute Gasteiger partial charge is 0.328 e. The quantitative estimate of drug-likeness (QED) is 0.778. The van der Waals surface area contributed by atoms with Gasteiger partial charge in [-0.1, -0.05) is 27.5 Å². The van der Waals surface area contributed by atoms with Crippen molar-refractivity contribution in [1.82, 2.24) is 5.32 Å². The highest BCUT2D eigenvalue weighted by molar-refractivity contribution is 9.10. The van der Waals surface area contributed by atoms with E-state index < -0.39 is 12.0 Å². The molecule has 5 nitrogen and oxygen atoms in total. The van der Waals surface area contributed by atoms with Gasteiger partial charge in [0.1, 0.15) is 0 Å². The van der Waals surface area contributed by atoms with Gasteiger partial charge in [-0.3, -0.25) is 4.79 Å². The van der Waals surface area contributed by atoms with Gasteiger partial charge in [0.2, 0.25) is 5.91 Å². The SMILES string of the molecule is COCC(NC(=O)CCc1cc(Cl)ccc1Br)C(=O)O. The Balaban J connectivity index is 2.54. The van der Waals surface area contributed by atoms with Crippen molar-refractivity contribution in [3.63, 3.8) is 0 Å². The molecule has 0 radical (unpaired) electrons. The second-order valence-electron chi connectivity index (χ2n) is 4.15. The maximum Gasteiger partial charge on any atom is 0.328 e. The summed E-state index contributed by atoms with van der Waals surface area (Å²) in [5.41, 5.74) is 0.895. The van der Waals surface area contributed by atoms with Crippen molar-refractivity contribution in [3.05, 3.63) is 33.3 Å². The molecule has 0 aliphatic rings. The van der Waals surface area contributed by atoms with Gasteiger partial charge in [-0.15, -0.1) is 0 Å². The van der Waals surface area contributed by atoms with Gasteiger partial charge in [0.25, 0.3) is 0 Å². The van der Waals surface area contributed by atoms with Crippen LogP contribution in [0.3, 0.4) is 0 Å². The summed E-state index contributed by atoms with van der Waals surface area (Å²) in [5.74, 6) is -1.47. The van der Waals surface area contributed by atoms with E-state index in [-0.39, 0.29) is 18.9 Å². The average Bonchev–Trinajstić information content (AvgIpc) is 2.39. The van der Waals surface area contributed by atoms with E-state index in [2.05, 4.69) is 21.2 Å². The molecule has 7 heteroatoms. The lowest BCUT2D eigenvalue weighted by Crippen LogP contribution is -2.43. The molecule has 0 fully saturated rings. The minimum atomic E-state index is -1.12. The molecular formula is C13H15BrClNO4. The normalized spacial score (nSPS) is 11.9. The number of halogens is 2. The number of methoxy groups -OCH3 is 1. The van der Waals surface area contributed by atoms with E-state index >= 15 is 0 Å². The maximum absolute atomic E-state index is 11.7. The minimum Gasteiger partial charge on any atom is -0.480 e. The van der Waals surface area contributed by atoms with Gasteiger partial charge in [0.15, 0.2) is 6.04 Å². The minimum absolute atomic E-state index is 0.0675. The number of carbonyl (C=O) groups excluding carboxylic acids is 1. The number of ether oxygens (including phenoxy) is 1. The average molecular weight is 365 g/mol. The van der Waals surface area contributed by atoms with Crippen LogP contribution in [0.15, 0.2) is 22.7 Å². The summed E-state index contributed by atoms with van der Waals surface area (Å²) in [6.07, 6.45) is 0.638. The molecule has 1 unspecified atom stereocenters. The van der Waals surface area contributed by atoms with E-state index in [0.717, 1.165) is 10.0 Å². The molecule has 0 saturated carbocycles. The molecular weight excluding hydrogens is 350 g/mol. The second kappa shape index (κ2) is 8.24. The number of aliphatic carboxylic acids is 1. The van der Waals surface area contributed by atoms with Crippen molar-refractivity contribution >= 4 is 39.4 Å². The standard InChI is InChI=1S/C13H15BrClNO4/c1-20-7-11(13(18)19)16-12(17)5-2-8-6-9(15)3-4-10(8)14/h3-4,6,11H,2,5,7H2,1H3,(H,16,17)(H,18,19). The first-order valence-electron chi connectivity index (χ1n) is 5.89. The molecule has 1 aromatic carbocycles. The number of carboxylic acids is 1. The van der Waals surface area contributed by atoms with Crippen molar-refractivity contribution in [2.75, 3.05) is 13.7 Å². The van der Waals surface area contributed by atoms with Crippen molar-refractivity contribution in [1.29, 1.82) is 0 Å². The molecule has 0 bridgehead atoms. The van der Waals surface area contributed by atoms with Crippen LogP contribution in [-0.4, -0.2) is 36.7 Å². The van der Waals surface area contributed by atoms with E-state index in [1.807, 2.05) is 0 Å². The molecule has 0 spiro atoms. The van der Waals surface area contributed by atoms with E-state index in [1.54, 1.807) is 18.2 Å². The fourth-order valence-corrected chi connectivity index (χ4v) is 2.23. The number of nitrogens with one attached hydrogen (secondary N) is 1. The summed E-state index contributed by atoms with van der Waals surface area (Å²) in [6.45, 7) is -0.0675. The molecule has 0 saturated heterocycles. The van der Waals surface area contributed by atoms with E-state index in [4.69, 9.17) is 21.4 Å². The number of rotatable bonds is 7. The Morgan fingerprint density at radius 1 is 1.50 bits per heavy atom. The van der Waals surface area contributed by atoms with Gasteiger partial charge in [-0.2, -0.15) is 0 Å². The molecule has 1 aromatic rings. The zero-order valence-electron chi connectivity index (χ0n) is 10.9. The number of hydrogen-bond donors (Lipinski definition) is 2. The number of benzene rings is 1. The highest BCUT2D eigenvalue weighted by Gasteiger charge is 2.19. The number of carboxylic acid groups (broad SMARTS) is 1. The van der Waals surface area contributed by atoms with Gasteiger partial charge in [0.05, 0.1) is 6.61 Å². The van der Waals surface area contributed by atoms with Crippen LogP contribution in [0.1, 0.15) is 12.0 Å². The molecule has 0 heterocycles. The molecule has 0 aliphatic heterocycles. The fourth-order valence-electron chi connectivity index (χ4n) is 1.59. The van der Waals surface area contributed by atoms with Crippen LogP contribution in [0.2, 0.25) is 5.02 Å². The van der Waals surface area contributed by atoms with Crippen molar-refractivity contribution in [2.24, 2.45) is 0 Å². The third-order valence-corrected chi connectivity index (χ3v) is 3.60. The van der Waals surface area contributed by atoms with Crippen LogP contribution in [0, 0.1) is 0 Å². The maximum atomic E-state index is 11.7. The van der Waals surface area contributed by atoms with Crippen LogP contribution in [0.25, 0.3) is 0 Å². The Bertz CT molecular complexity index is 495. The lowest BCUT2D eigenvalue weighted by atomic mass is 10.1. The molecule has 20 heavy (non-hydrogen) atoms. The predicted octanol–water partition coefficient (Wildman–Crippen LogP) is 2.25. The Kier molecular flexibility index (Phi) is 6.98. The lowest BCUT2D eigenvalue weighted by Gasteiger charge is -2.13. The molecule has 0 aliphatic carbocycles. The zero-order valence-corrected chi connectivity index (χ0v) is 13.2. The van der Waals surface area contributed by atoms with Crippen LogP contribution in [0.5, 0.6) is 0 Å². The van der Waals surface area contributed by atoms with Gasteiger partial charge >= 0.3 is 5.97 Å². The Hall–Kier alpha value is -1.11. The van der Waals surface area contributed by atoms with Crippen LogP contribution >= 0.6 is 27.5 Å². The summed E-state index contributed by atoms with van der Waals surface area (Å²) < 4.78 is 5.61. The first-order chi connectivity index (χ1) is 9.43. The van der Waals surface area contributed by atoms with Gasteiger partial charge in [-0.05, 0) is 30.2 Å². The summed E-state index contributed by atoms with van der Waals surface area (Å²) in [5, 5.41) is 11.9. The van der Waals surface area contributed by atoms with Crippen molar-refractivity contribution < 1.29 is 19.4 Å². The molecule has 1 atom stereocenters. The van der Waals surface area contributed by atoms with Gasteiger partial charge in [-0.25, -0.2) is 4.79 Å². The fraction of sp³-hybridized carbons (Fsp3) is 0.385. The van der Waals surface area contributed by atoms with Crippen LogP contribution in [0.4, 0.5) is 0 Å². The van der Waals surface area contributed by atoms with Crippen LogP contribution < -0.4 is 5.32 Å². The monoisotopic (exact) mass is 363 g/mol. The predicted molar refractivity (Wildman–Crippen MR) is 78.9 cm³/mol. The molecule has 0 aromatic heterocycles. The first kappa shape index (κ1) is 16.9. The highest BCUT2D eigenvalue weighted by Crippen LogP contribution is 2.22. The molecule has 110 valence electrons. The van der Waals surface area contributed by atoms with E-state index in [9.17, 15) is 9.59 Å². The van der Waals surface area contributed by atoms with Crippen molar-refractivity contribution in [3.8, 4) is 0 Å². The molecule has 1 rings (SSSR count). The number of amides is 1. The zero-order chi connectivity index (χ0) is 15.1. The summed E-state index contributed by atoms with van der Waals surface area (Å²) >= 11 is 9.26. The first-order valence-corrected chi connectivity index (χ1v) is 7.06. The van der Waals surface area contributed by atoms with Crippen molar-refractivity contribution in [2.45, 2.75) is 18.9 Å². The van der Waals surface area contributed by atoms with E-state index in [1.165, 1.54) is 7.11 Å². The third kappa shape index (κ3) is 5.48. The van der Waals surface area contributed by atoms with Gasteiger partial charge < -0.3 is 15.2 Å². The summed E-state index contributed by atoms with van der Waals surface area (Å²) in [6, 6.07) is 4.28. The largest absolute Gasteiger partial charge is 0.480 e. The third-order valence-electron chi connectivity index (χ3n) is 2.60. The number of aryl methyl sites for hydroxylation is 1. The highest BCUT2D eigenvalue weighted by atomic mass is 79.9. The molecule has 1 amide bonds. The Morgan fingerprint density at radius 2 is 2.20 bits per heavy atom. The summed E-state index contributed by atoms with van der Waals surface area (Å²) in [7, 11) is 1.38. The van der Waals surface area contributed by atoms with E-state index in [0.29, 0.717) is 11.4 Å². The lowest BCUT2D eigenvalue weighted by molar-refractivity contribution is -0.143. The second-order valence-corrected chi connectivity index (χ2v) is 5.44. The Labute approximate surface area is 130 Å². The van der Waals surface area contributed by atoms with Crippen LogP contribution in [-0.2, 0) is 20.7 Å². The molecule has 2 N–H and O–H groups in total. The number of carbonyl (C=O) groups is 2. The van der Waals surface area contributed by atoms with Gasteiger partial charge in [0, 0.05) is 23.0 Å². The Morgan fingerprint density at radius 3 is 2.80 bits per heavy atom. The topological polar surface area (TPSA) is 75.6 Å².